The van der Waals surface area contributed by atoms with Crippen LogP contribution < -0.4 is 0 Å². The third-order valence-corrected chi connectivity index (χ3v) is 4.17. The van der Waals surface area contributed by atoms with Crippen molar-refractivity contribution in [1.29, 1.82) is 0 Å². The third-order valence-electron chi connectivity index (χ3n) is 3.97. The molecule has 2 heterocycles. The van der Waals surface area contributed by atoms with E-state index in [9.17, 15) is 9.18 Å². The van der Waals surface area contributed by atoms with Gasteiger partial charge in [-0.3, -0.25) is 4.79 Å². The number of morpholine rings is 1. The first-order valence-electron chi connectivity index (χ1n) is 6.81. The maximum absolute atomic E-state index is 13.7. The molecule has 2 atom stereocenters. The lowest BCUT2D eigenvalue weighted by Crippen LogP contribution is -2.51. The highest BCUT2D eigenvalue weighted by Crippen LogP contribution is 2.22. The summed E-state index contributed by atoms with van der Waals surface area (Å²) in [6.07, 6.45) is -0.0449. The van der Waals surface area contributed by atoms with Crippen LogP contribution in [0.15, 0.2) is 12.1 Å². The number of hydrogen-bond donors (Lipinski definition) is 2. The van der Waals surface area contributed by atoms with Crippen molar-refractivity contribution in [3.8, 4) is 0 Å². The minimum Gasteiger partial charge on any atom is -0.375 e. The van der Waals surface area contributed by atoms with Gasteiger partial charge in [0.15, 0.2) is 4.77 Å². The van der Waals surface area contributed by atoms with Gasteiger partial charge in [0.05, 0.1) is 35.3 Å². The second-order valence-corrected chi connectivity index (χ2v) is 5.68. The Balaban J connectivity index is 2.07. The molecule has 112 valence electrons. The molecule has 0 bridgehead atoms. The molecule has 1 amide bonds. The number of fused-ring (bicyclic) bond motifs is 1. The molecule has 0 spiro atoms. The normalized spacial score (nSPS) is 22.7. The Morgan fingerprint density at radius 2 is 2.19 bits per heavy atom. The quantitative estimate of drug-likeness (QED) is 0.796. The summed E-state index contributed by atoms with van der Waals surface area (Å²) in [6, 6.07) is 2.51. The van der Waals surface area contributed by atoms with Gasteiger partial charge in [0, 0.05) is 6.54 Å². The lowest BCUT2D eigenvalue weighted by molar-refractivity contribution is -0.0440. The fourth-order valence-corrected chi connectivity index (χ4v) is 2.86. The van der Waals surface area contributed by atoms with E-state index in [1.54, 1.807) is 4.90 Å². The Bertz CT molecular complexity index is 754. The summed E-state index contributed by atoms with van der Waals surface area (Å²) in [4.78, 5) is 20.2. The second kappa shape index (κ2) is 5.23. The van der Waals surface area contributed by atoms with Gasteiger partial charge in [-0.2, -0.15) is 0 Å². The van der Waals surface area contributed by atoms with Crippen LogP contribution in [0, 0.1) is 10.6 Å². The maximum atomic E-state index is 13.7. The molecule has 21 heavy (non-hydrogen) atoms. The third kappa shape index (κ3) is 2.47. The van der Waals surface area contributed by atoms with E-state index < -0.39 is 5.82 Å². The first-order valence-corrected chi connectivity index (χ1v) is 7.22. The van der Waals surface area contributed by atoms with Gasteiger partial charge >= 0.3 is 0 Å². The number of aromatic nitrogens is 2. The summed E-state index contributed by atoms with van der Waals surface area (Å²) in [5.74, 6) is -0.683. The van der Waals surface area contributed by atoms with Crippen molar-refractivity contribution in [2.75, 3.05) is 13.2 Å². The first-order chi connectivity index (χ1) is 9.97. The number of H-pyrrole nitrogens is 2. The number of nitrogens with zero attached hydrogens (tertiary/aromatic N) is 1. The van der Waals surface area contributed by atoms with Crippen molar-refractivity contribution in [1.82, 2.24) is 14.9 Å². The Morgan fingerprint density at radius 1 is 1.43 bits per heavy atom. The molecule has 1 aromatic heterocycles. The van der Waals surface area contributed by atoms with Gasteiger partial charge in [-0.1, -0.05) is 0 Å². The van der Waals surface area contributed by atoms with Gasteiger partial charge in [0.1, 0.15) is 5.82 Å². The second-order valence-electron chi connectivity index (χ2n) is 5.27. The van der Waals surface area contributed by atoms with Crippen LogP contribution in [0.3, 0.4) is 0 Å². The number of nitrogens with one attached hydrogen (secondary N) is 2. The van der Waals surface area contributed by atoms with Crippen molar-refractivity contribution in [2.24, 2.45) is 0 Å². The zero-order valence-corrected chi connectivity index (χ0v) is 12.6. The topological polar surface area (TPSA) is 61.1 Å². The number of imidazole rings is 1. The lowest BCUT2D eigenvalue weighted by Gasteiger charge is -2.37. The highest BCUT2D eigenvalue weighted by molar-refractivity contribution is 7.71. The molecule has 7 heteroatoms. The van der Waals surface area contributed by atoms with E-state index >= 15 is 0 Å². The highest BCUT2D eigenvalue weighted by atomic mass is 32.1. The molecule has 0 radical (unpaired) electrons. The molecule has 2 N–H and O–H groups in total. The average molecular weight is 309 g/mol. The van der Waals surface area contributed by atoms with Crippen LogP contribution in [0.25, 0.3) is 11.0 Å². The minimum atomic E-state index is -0.468. The fraction of sp³-hybridized carbons (Fsp3) is 0.429. The molecular weight excluding hydrogens is 293 g/mol. The monoisotopic (exact) mass is 309 g/mol. The smallest absolute Gasteiger partial charge is 0.256 e. The summed E-state index contributed by atoms with van der Waals surface area (Å²) in [5.41, 5.74) is 1.33. The number of hydrogen-bond acceptors (Lipinski definition) is 3. The van der Waals surface area contributed by atoms with Crippen LogP contribution in [-0.2, 0) is 4.74 Å². The summed E-state index contributed by atoms with van der Waals surface area (Å²) >= 11 is 5.02. The molecule has 1 aliphatic rings. The molecule has 0 saturated carbocycles. The van der Waals surface area contributed by atoms with Crippen LogP contribution in [-0.4, -0.2) is 46.1 Å². The number of benzene rings is 1. The van der Waals surface area contributed by atoms with E-state index in [-0.39, 0.29) is 18.1 Å². The zero-order valence-electron chi connectivity index (χ0n) is 11.8. The maximum Gasteiger partial charge on any atom is 0.256 e. The number of carbonyl (C=O) groups excluding carboxylic acids is 1. The average Bonchev–Trinajstić information content (AvgIpc) is 2.80. The largest absolute Gasteiger partial charge is 0.375 e. The van der Waals surface area contributed by atoms with Crippen LogP contribution in [0.1, 0.15) is 24.2 Å². The standard InChI is InChI=1S/C14H16FN3O2S/c1-7-8(2)20-4-3-18(7)13(19)10-5-9(15)6-11-12(10)17-14(21)16-11/h5-8H,3-4H2,1-2H3,(H2,16,17,21)/t7-,8+/m0/s1. The van der Waals surface area contributed by atoms with E-state index in [0.29, 0.717) is 34.5 Å². The number of amides is 1. The Labute approximate surface area is 126 Å². The highest BCUT2D eigenvalue weighted by Gasteiger charge is 2.31. The van der Waals surface area contributed by atoms with E-state index in [1.165, 1.54) is 12.1 Å². The molecular formula is C14H16FN3O2S. The fourth-order valence-electron chi connectivity index (χ4n) is 2.65. The Hall–Kier alpha value is -1.73. The van der Waals surface area contributed by atoms with E-state index in [4.69, 9.17) is 17.0 Å². The van der Waals surface area contributed by atoms with Gasteiger partial charge in [-0.25, -0.2) is 4.39 Å². The van der Waals surface area contributed by atoms with Gasteiger partial charge < -0.3 is 19.6 Å². The molecule has 3 rings (SSSR count). The predicted octanol–water partition coefficient (Wildman–Crippen LogP) is 2.61. The van der Waals surface area contributed by atoms with E-state index in [2.05, 4.69) is 9.97 Å². The van der Waals surface area contributed by atoms with Crippen molar-refractivity contribution in [3.63, 3.8) is 0 Å². The van der Waals surface area contributed by atoms with Gasteiger partial charge in [-0.05, 0) is 38.2 Å². The molecule has 1 aromatic carbocycles. The zero-order chi connectivity index (χ0) is 15.1. The van der Waals surface area contributed by atoms with Crippen LogP contribution >= 0.6 is 12.2 Å². The van der Waals surface area contributed by atoms with E-state index in [0.717, 1.165) is 0 Å². The van der Waals surface area contributed by atoms with E-state index in [1.807, 2.05) is 13.8 Å². The Morgan fingerprint density at radius 3 is 2.95 bits per heavy atom. The van der Waals surface area contributed by atoms with Crippen molar-refractivity contribution in [3.05, 3.63) is 28.3 Å². The van der Waals surface area contributed by atoms with Crippen LogP contribution in [0.5, 0.6) is 0 Å². The molecule has 0 unspecified atom stereocenters. The minimum absolute atomic E-state index is 0.0449. The first kappa shape index (κ1) is 14.2. The van der Waals surface area contributed by atoms with Crippen molar-refractivity contribution < 1.29 is 13.9 Å². The number of rotatable bonds is 1. The van der Waals surface area contributed by atoms with Gasteiger partial charge in [0.2, 0.25) is 0 Å². The van der Waals surface area contributed by atoms with Gasteiger partial charge in [0.25, 0.3) is 5.91 Å². The molecule has 1 fully saturated rings. The summed E-state index contributed by atoms with van der Waals surface area (Å²) in [7, 11) is 0. The molecule has 1 saturated heterocycles. The molecule has 2 aromatic rings. The summed E-state index contributed by atoms with van der Waals surface area (Å²) in [5, 5.41) is 0. The summed E-state index contributed by atoms with van der Waals surface area (Å²) in [6.45, 7) is 4.83. The van der Waals surface area contributed by atoms with Crippen LogP contribution in [0.2, 0.25) is 0 Å². The Kier molecular flexibility index (Phi) is 3.54. The van der Waals surface area contributed by atoms with Crippen molar-refractivity contribution in [2.45, 2.75) is 26.0 Å². The predicted molar refractivity (Wildman–Crippen MR) is 79.4 cm³/mol. The summed E-state index contributed by atoms with van der Waals surface area (Å²) < 4.78 is 19.6. The van der Waals surface area contributed by atoms with Crippen molar-refractivity contribution >= 4 is 29.2 Å². The SMILES string of the molecule is C[C@H]1OCCN(C(=O)c2cc(F)cc3[nH]c(=S)[nH]c23)[C@H]1C. The number of carbonyl (C=O) groups is 1. The molecule has 1 aliphatic heterocycles. The lowest BCUT2D eigenvalue weighted by atomic mass is 10.1. The van der Waals surface area contributed by atoms with Crippen LogP contribution in [0.4, 0.5) is 4.39 Å². The van der Waals surface area contributed by atoms with Gasteiger partial charge in [-0.15, -0.1) is 0 Å². The number of halogens is 1. The molecule has 5 nitrogen and oxygen atoms in total. The number of aromatic amines is 2. The molecule has 0 aliphatic carbocycles. The number of ether oxygens (including phenoxy) is 1.